The van der Waals surface area contributed by atoms with Crippen molar-refractivity contribution in [2.45, 2.75) is 44.3 Å². The van der Waals surface area contributed by atoms with Crippen molar-refractivity contribution < 1.29 is 13.2 Å². The van der Waals surface area contributed by atoms with Gasteiger partial charge in [0.25, 0.3) is 5.91 Å². The van der Waals surface area contributed by atoms with Crippen molar-refractivity contribution in [3.8, 4) is 0 Å². The first-order chi connectivity index (χ1) is 10.8. The summed E-state index contributed by atoms with van der Waals surface area (Å²) in [7, 11) is -3.22. The zero-order valence-electron chi connectivity index (χ0n) is 13.5. The van der Waals surface area contributed by atoms with E-state index in [9.17, 15) is 13.2 Å². The fourth-order valence-corrected chi connectivity index (χ4v) is 4.45. The third kappa shape index (κ3) is 3.64. The van der Waals surface area contributed by atoms with Crippen LogP contribution in [0.3, 0.4) is 0 Å². The number of nitrogen functional groups attached to an aromatic ring is 1. The zero-order valence-corrected chi connectivity index (χ0v) is 14.3. The van der Waals surface area contributed by atoms with Gasteiger partial charge in [0.15, 0.2) is 0 Å². The molecule has 1 amide bonds. The van der Waals surface area contributed by atoms with Crippen LogP contribution in [-0.2, 0) is 10.0 Å². The number of hydrogen-bond donors (Lipinski definition) is 2. The molecular formula is C15H24N4O3S. The fraction of sp³-hybridized carbons (Fsp3) is 0.600. The molecule has 23 heavy (non-hydrogen) atoms. The van der Waals surface area contributed by atoms with E-state index >= 15 is 0 Å². The van der Waals surface area contributed by atoms with Crippen LogP contribution in [0.1, 0.15) is 55.1 Å². The molecule has 1 aliphatic heterocycles. The minimum Gasteiger partial charge on any atom is -0.383 e. The molecule has 0 spiro atoms. The van der Waals surface area contributed by atoms with Crippen LogP contribution >= 0.6 is 0 Å². The van der Waals surface area contributed by atoms with Crippen LogP contribution in [-0.4, -0.2) is 42.0 Å². The maximum Gasteiger partial charge on any atom is 0.252 e. The molecule has 1 aliphatic rings. The van der Waals surface area contributed by atoms with Gasteiger partial charge in [-0.1, -0.05) is 6.92 Å². The summed E-state index contributed by atoms with van der Waals surface area (Å²) in [5.41, 5.74) is 12.0. The van der Waals surface area contributed by atoms with Crippen molar-refractivity contribution in [1.29, 1.82) is 0 Å². The van der Waals surface area contributed by atoms with Gasteiger partial charge < -0.3 is 11.5 Å². The maximum absolute atomic E-state index is 12.4. The van der Waals surface area contributed by atoms with Gasteiger partial charge in [0.05, 0.1) is 10.8 Å². The second-order valence-electron chi connectivity index (χ2n) is 5.97. The van der Waals surface area contributed by atoms with Crippen molar-refractivity contribution in [2.75, 3.05) is 18.8 Å². The number of nitrogens with zero attached hydrogens (tertiary/aromatic N) is 2. The van der Waals surface area contributed by atoms with Crippen molar-refractivity contribution in [1.82, 2.24) is 9.29 Å². The average molecular weight is 340 g/mol. The van der Waals surface area contributed by atoms with Gasteiger partial charge in [0.2, 0.25) is 10.0 Å². The summed E-state index contributed by atoms with van der Waals surface area (Å²) in [5.74, 6) is -0.330. The molecule has 1 saturated heterocycles. The third-order valence-electron chi connectivity index (χ3n) is 4.53. The van der Waals surface area contributed by atoms with E-state index in [1.54, 1.807) is 23.4 Å². The Morgan fingerprint density at radius 2 is 2.00 bits per heavy atom. The van der Waals surface area contributed by atoms with Gasteiger partial charge in [-0.2, -0.15) is 0 Å². The number of amides is 1. The Morgan fingerprint density at radius 1 is 1.39 bits per heavy atom. The molecule has 2 heterocycles. The normalized spacial score (nSPS) is 18.7. The average Bonchev–Trinajstić information content (AvgIpc) is 2.53. The highest BCUT2D eigenvalue weighted by Gasteiger charge is 2.32. The predicted molar refractivity (Wildman–Crippen MR) is 89.4 cm³/mol. The van der Waals surface area contributed by atoms with Crippen molar-refractivity contribution in [2.24, 2.45) is 5.73 Å². The first-order valence-electron chi connectivity index (χ1n) is 7.82. The van der Waals surface area contributed by atoms with E-state index in [0.29, 0.717) is 32.4 Å². The van der Waals surface area contributed by atoms with E-state index in [4.69, 9.17) is 11.5 Å². The SMILES string of the molecule is CC[C@@H](C)S(=O)(=O)N1CCC(c2ccc(C(N)=O)c(N)n2)CC1. The lowest BCUT2D eigenvalue weighted by Crippen LogP contribution is -2.42. The number of anilines is 1. The topological polar surface area (TPSA) is 119 Å². The molecular weight excluding hydrogens is 316 g/mol. The number of primary amides is 1. The predicted octanol–water partition coefficient (Wildman–Crippen LogP) is 1.07. The van der Waals surface area contributed by atoms with Gasteiger partial charge in [-0.3, -0.25) is 4.79 Å². The number of rotatable bonds is 5. The summed E-state index contributed by atoms with van der Waals surface area (Å²) in [6.07, 6.45) is 1.99. The first kappa shape index (κ1) is 17.7. The van der Waals surface area contributed by atoms with Gasteiger partial charge in [0.1, 0.15) is 5.82 Å². The Hall–Kier alpha value is -1.67. The molecule has 128 valence electrons. The zero-order chi connectivity index (χ0) is 17.2. The molecule has 0 saturated carbocycles. The van der Waals surface area contributed by atoms with Gasteiger partial charge >= 0.3 is 0 Å². The van der Waals surface area contributed by atoms with E-state index < -0.39 is 15.9 Å². The molecule has 0 aliphatic carbocycles. The maximum atomic E-state index is 12.4. The Kier molecular flexibility index (Phi) is 5.26. The van der Waals surface area contributed by atoms with Crippen LogP contribution in [0.4, 0.5) is 5.82 Å². The summed E-state index contributed by atoms with van der Waals surface area (Å²) >= 11 is 0. The molecule has 4 N–H and O–H groups in total. The van der Waals surface area contributed by atoms with E-state index in [-0.39, 0.29) is 22.5 Å². The van der Waals surface area contributed by atoms with Crippen molar-refractivity contribution >= 4 is 21.7 Å². The van der Waals surface area contributed by atoms with Crippen LogP contribution in [0.2, 0.25) is 0 Å². The molecule has 0 aromatic carbocycles. The standard InChI is InChI=1S/C15H24N4O3S/c1-3-10(2)23(21,22)19-8-6-11(7-9-19)13-5-4-12(15(17)20)14(16)18-13/h4-5,10-11H,3,6-9H2,1-2H3,(H2,16,18)(H2,17,20)/t10-/m1/s1. The summed E-state index contributed by atoms with van der Waals surface area (Å²) < 4.78 is 26.3. The van der Waals surface area contributed by atoms with Crippen molar-refractivity contribution in [3.05, 3.63) is 23.4 Å². The summed E-state index contributed by atoms with van der Waals surface area (Å²) in [6.45, 7) is 4.58. The lowest BCUT2D eigenvalue weighted by Gasteiger charge is -2.32. The number of aromatic nitrogens is 1. The number of nitrogens with two attached hydrogens (primary N) is 2. The number of sulfonamides is 1. The Balaban J connectivity index is 2.08. The smallest absolute Gasteiger partial charge is 0.252 e. The quantitative estimate of drug-likeness (QED) is 0.831. The van der Waals surface area contributed by atoms with Crippen LogP contribution in [0, 0.1) is 0 Å². The largest absolute Gasteiger partial charge is 0.383 e. The van der Waals surface area contributed by atoms with Crippen LogP contribution in [0.15, 0.2) is 12.1 Å². The number of carbonyl (C=O) groups excluding carboxylic acids is 1. The molecule has 1 aromatic heterocycles. The van der Waals surface area contributed by atoms with E-state index in [0.717, 1.165) is 5.69 Å². The molecule has 0 unspecified atom stereocenters. The molecule has 2 rings (SSSR count). The van der Waals surface area contributed by atoms with Crippen LogP contribution in [0.25, 0.3) is 0 Å². The van der Waals surface area contributed by atoms with Gasteiger partial charge in [-0.05, 0) is 38.3 Å². The highest BCUT2D eigenvalue weighted by atomic mass is 32.2. The van der Waals surface area contributed by atoms with Gasteiger partial charge in [-0.15, -0.1) is 0 Å². The minimum atomic E-state index is -3.22. The van der Waals surface area contributed by atoms with E-state index in [1.807, 2.05) is 6.92 Å². The van der Waals surface area contributed by atoms with Crippen molar-refractivity contribution in [3.63, 3.8) is 0 Å². The highest BCUT2D eigenvalue weighted by molar-refractivity contribution is 7.89. The van der Waals surface area contributed by atoms with Gasteiger partial charge in [0, 0.05) is 24.7 Å². The number of pyridine rings is 1. The number of piperidine rings is 1. The molecule has 0 radical (unpaired) electrons. The van der Waals surface area contributed by atoms with Crippen LogP contribution in [0.5, 0.6) is 0 Å². The fourth-order valence-electron chi connectivity index (χ4n) is 2.80. The van der Waals surface area contributed by atoms with Gasteiger partial charge in [-0.25, -0.2) is 17.7 Å². The number of carbonyl (C=O) groups is 1. The lowest BCUT2D eigenvalue weighted by molar-refractivity contribution is 0.100. The molecule has 0 bridgehead atoms. The summed E-state index contributed by atoms with van der Waals surface area (Å²) in [4.78, 5) is 15.4. The monoisotopic (exact) mass is 340 g/mol. The van der Waals surface area contributed by atoms with E-state index in [2.05, 4.69) is 4.98 Å². The summed E-state index contributed by atoms with van der Waals surface area (Å²) in [5, 5.41) is -0.359. The van der Waals surface area contributed by atoms with Crippen LogP contribution < -0.4 is 11.5 Å². The Labute approximate surface area is 137 Å². The molecule has 7 nitrogen and oxygen atoms in total. The highest BCUT2D eigenvalue weighted by Crippen LogP contribution is 2.30. The Morgan fingerprint density at radius 3 is 2.48 bits per heavy atom. The molecule has 8 heteroatoms. The lowest BCUT2D eigenvalue weighted by atomic mass is 9.94. The van der Waals surface area contributed by atoms with E-state index in [1.165, 1.54) is 0 Å². The summed E-state index contributed by atoms with van der Waals surface area (Å²) in [6, 6.07) is 3.34. The first-order valence-corrected chi connectivity index (χ1v) is 9.32. The third-order valence-corrected chi connectivity index (χ3v) is 6.96. The second-order valence-corrected chi connectivity index (χ2v) is 8.32. The molecule has 1 fully saturated rings. The minimum absolute atomic E-state index is 0.129. The molecule has 1 atom stereocenters. The Bertz CT molecular complexity index is 682. The second kappa shape index (κ2) is 6.84. The molecule has 1 aromatic rings. The number of hydrogen-bond acceptors (Lipinski definition) is 5.